The molecule has 0 unspecified atom stereocenters. The molecule has 1 aromatic rings. The third-order valence-corrected chi connectivity index (χ3v) is 2.47. The number of esters is 1. The van der Waals surface area contributed by atoms with Crippen molar-refractivity contribution in [3.8, 4) is 0 Å². The van der Waals surface area contributed by atoms with Crippen LogP contribution in [0.3, 0.4) is 0 Å². The van der Waals surface area contributed by atoms with E-state index in [2.05, 4.69) is 9.72 Å². The molecule has 0 radical (unpaired) electrons. The number of nitrogens with zero attached hydrogens (tertiary/aromatic N) is 1. The Balaban J connectivity index is 3.29. The number of ether oxygens (including phenoxy) is 1. The molecule has 0 N–H and O–H groups in total. The van der Waals surface area contributed by atoms with E-state index in [0.29, 0.717) is 6.07 Å². The van der Waals surface area contributed by atoms with E-state index in [4.69, 9.17) is 0 Å². The molecule has 1 heterocycles. The molecule has 3 nitrogen and oxygen atoms in total. The smallest absolute Gasteiger partial charge is 0.341 e. The summed E-state index contributed by atoms with van der Waals surface area (Å²) in [4.78, 5) is 14.7. The van der Waals surface area contributed by atoms with E-state index >= 15 is 0 Å². The normalized spacial score (nSPS) is 10.6. The van der Waals surface area contributed by atoms with Crippen LogP contribution in [-0.4, -0.2) is 17.6 Å². The maximum atomic E-state index is 12.8. The molecule has 0 aromatic carbocycles. The van der Waals surface area contributed by atoms with Crippen LogP contribution in [0.4, 0.5) is 13.2 Å². The predicted octanol–water partition coefficient (Wildman–Crippen LogP) is 2.94. The van der Waals surface area contributed by atoms with E-state index in [1.165, 1.54) is 22.6 Å². The van der Waals surface area contributed by atoms with E-state index in [0.717, 1.165) is 0 Å². The SMILES string of the molecule is CCOC(=O)c1c(C(F)F)cc(F)nc1I. The first-order chi connectivity index (χ1) is 7.47. The van der Waals surface area contributed by atoms with Gasteiger partial charge in [-0.25, -0.2) is 18.6 Å². The number of carbonyl (C=O) groups excluding carboxylic acids is 1. The minimum absolute atomic E-state index is 0.0506. The summed E-state index contributed by atoms with van der Waals surface area (Å²) in [5.41, 5.74) is -1.07. The van der Waals surface area contributed by atoms with Crippen LogP contribution in [0.1, 0.15) is 29.3 Å². The Morgan fingerprint density at radius 1 is 1.62 bits per heavy atom. The fourth-order valence-electron chi connectivity index (χ4n) is 1.08. The molecule has 0 spiro atoms. The van der Waals surface area contributed by atoms with Gasteiger partial charge >= 0.3 is 5.97 Å². The summed E-state index contributed by atoms with van der Waals surface area (Å²) in [7, 11) is 0. The number of rotatable bonds is 3. The Labute approximate surface area is 103 Å². The van der Waals surface area contributed by atoms with Crippen molar-refractivity contribution < 1.29 is 22.7 Å². The average Bonchev–Trinajstić information content (AvgIpc) is 2.16. The zero-order valence-electron chi connectivity index (χ0n) is 8.14. The number of aromatic nitrogens is 1. The fraction of sp³-hybridized carbons (Fsp3) is 0.333. The third kappa shape index (κ3) is 2.83. The second-order valence-electron chi connectivity index (χ2n) is 2.72. The van der Waals surface area contributed by atoms with Gasteiger partial charge in [0.2, 0.25) is 5.95 Å². The molecule has 0 saturated heterocycles. The van der Waals surface area contributed by atoms with Gasteiger partial charge in [0.05, 0.1) is 6.61 Å². The summed E-state index contributed by atoms with van der Waals surface area (Å²) in [6.45, 7) is 1.60. The van der Waals surface area contributed by atoms with Gasteiger partial charge < -0.3 is 4.74 Å². The largest absolute Gasteiger partial charge is 0.462 e. The molecule has 1 rings (SSSR count). The van der Waals surface area contributed by atoms with Gasteiger partial charge in [0.25, 0.3) is 6.43 Å². The first-order valence-corrected chi connectivity index (χ1v) is 5.36. The van der Waals surface area contributed by atoms with Gasteiger partial charge in [-0.1, -0.05) is 0 Å². The summed E-state index contributed by atoms with van der Waals surface area (Å²) in [5, 5.41) is 0. The minimum atomic E-state index is -2.95. The first kappa shape index (κ1) is 13.2. The third-order valence-electron chi connectivity index (χ3n) is 1.69. The second-order valence-corrected chi connectivity index (χ2v) is 3.74. The number of hydrogen-bond acceptors (Lipinski definition) is 3. The van der Waals surface area contributed by atoms with Crippen molar-refractivity contribution in [2.24, 2.45) is 0 Å². The van der Waals surface area contributed by atoms with Crippen molar-refractivity contribution in [1.29, 1.82) is 0 Å². The molecule has 0 aliphatic carbocycles. The Bertz CT molecular complexity index is 412. The van der Waals surface area contributed by atoms with Crippen molar-refractivity contribution in [1.82, 2.24) is 4.98 Å². The molecule has 7 heteroatoms. The zero-order chi connectivity index (χ0) is 12.3. The van der Waals surface area contributed by atoms with Crippen molar-refractivity contribution in [2.75, 3.05) is 6.61 Å². The van der Waals surface area contributed by atoms with Gasteiger partial charge in [-0.05, 0) is 29.5 Å². The van der Waals surface area contributed by atoms with Crippen LogP contribution in [0, 0.1) is 9.65 Å². The lowest BCUT2D eigenvalue weighted by molar-refractivity contribution is 0.0513. The van der Waals surface area contributed by atoms with Crippen LogP contribution in [0.5, 0.6) is 0 Å². The Kier molecular flexibility index (Phi) is 4.51. The molecular weight excluding hydrogens is 338 g/mol. The highest BCUT2D eigenvalue weighted by atomic mass is 127. The molecule has 0 atom stereocenters. The summed E-state index contributed by atoms with van der Waals surface area (Å²) in [6.07, 6.45) is -2.95. The van der Waals surface area contributed by atoms with Gasteiger partial charge in [0, 0.05) is 11.6 Å². The Hall–Kier alpha value is -0.860. The number of pyridine rings is 1. The number of alkyl halides is 2. The lowest BCUT2D eigenvalue weighted by Crippen LogP contribution is -2.13. The predicted molar refractivity (Wildman–Crippen MR) is 57.8 cm³/mol. The van der Waals surface area contributed by atoms with Gasteiger partial charge in [0.1, 0.15) is 9.26 Å². The van der Waals surface area contributed by atoms with Gasteiger partial charge in [-0.15, -0.1) is 0 Å². The summed E-state index contributed by atoms with van der Waals surface area (Å²) < 4.78 is 42.4. The topological polar surface area (TPSA) is 39.2 Å². The summed E-state index contributed by atoms with van der Waals surface area (Å²) in [5.74, 6) is -1.97. The molecule has 0 aliphatic rings. The Morgan fingerprint density at radius 3 is 2.75 bits per heavy atom. The highest BCUT2D eigenvalue weighted by Crippen LogP contribution is 2.26. The highest BCUT2D eigenvalue weighted by molar-refractivity contribution is 14.1. The summed E-state index contributed by atoms with van der Waals surface area (Å²) in [6, 6.07) is 0.541. The van der Waals surface area contributed by atoms with E-state index in [1.807, 2.05) is 0 Å². The number of hydrogen-bond donors (Lipinski definition) is 0. The van der Waals surface area contributed by atoms with Crippen molar-refractivity contribution in [3.05, 3.63) is 26.8 Å². The lowest BCUT2D eigenvalue weighted by atomic mass is 10.1. The number of carbonyl (C=O) groups is 1. The van der Waals surface area contributed by atoms with Crippen LogP contribution in [-0.2, 0) is 4.74 Å². The van der Waals surface area contributed by atoms with Crippen LogP contribution < -0.4 is 0 Å². The van der Waals surface area contributed by atoms with Crippen molar-refractivity contribution >= 4 is 28.6 Å². The molecule has 0 aliphatic heterocycles. The molecule has 1 aromatic heterocycles. The van der Waals surface area contributed by atoms with Gasteiger partial charge in [0.15, 0.2) is 0 Å². The molecule has 0 saturated carbocycles. The number of halogens is 4. The second kappa shape index (κ2) is 5.46. The lowest BCUT2D eigenvalue weighted by Gasteiger charge is -2.09. The average molecular weight is 345 g/mol. The monoisotopic (exact) mass is 345 g/mol. The Morgan fingerprint density at radius 2 is 2.25 bits per heavy atom. The first-order valence-electron chi connectivity index (χ1n) is 4.28. The molecule has 16 heavy (non-hydrogen) atoms. The molecule has 0 amide bonds. The molecular formula is C9H7F3INO2. The maximum absolute atomic E-state index is 12.8. The van der Waals surface area contributed by atoms with Gasteiger partial charge in [-0.2, -0.15) is 4.39 Å². The van der Waals surface area contributed by atoms with Crippen LogP contribution in [0.2, 0.25) is 0 Å². The van der Waals surface area contributed by atoms with E-state index in [9.17, 15) is 18.0 Å². The quantitative estimate of drug-likeness (QED) is 0.480. The molecule has 88 valence electrons. The maximum Gasteiger partial charge on any atom is 0.341 e. The minimum Gasteiger partial charge on any atom is -0.462 e. The van der Waals surface area contributed by atoms with Crippen molar-refractivity contribution in [3.63, 3.8) is 0 Å². The standard InChI is InChI=1S/C9H7F3INO2/c1-2-16-9(15)6-4(7(11)12)3-5(10)14-8(6)13/h3,7H,2H2,1H3. The van der Waals surface area contributed by atoms with Gasteiger partial charge in [-0.3, -0.25) is 0 Å². The van der Waals surface area contributed by atoms with E-state index < -0.39 is 23.9 Å². The summed E-state index contributed by atoms with van der Waals surface area (Å²) >= 11 is 1.51. The van der Waals surface area contributed by atoms with E-state index in [-0.39, 0.29) is 15.9 Å². The van der Waals surface area contributed by atoms with Crippen molar-refractivity contribution in [2.45, 2.75) is 13.3 Å². The van der Waals surface area contributed by atoms with Crippen LogP contribution in [0.15, 0.2) is 6.07 Å². The molecule has 0 fully saturated rings. The fourth-order valence-corrected chi connectivity index (χ4v) is 1.84. The molecule has 0 bridgehead atoms. The zero-order valence-corrected chi connectivity index (χ0v) is 10.3. The highest BCUT2D eigenvalue weighted by Gasteiger charge is 2.24. The van der Waals surface area contributed by atoms with Crippen LogP contribution >= 0.6 is 22.6 Å². The van der Waals surface area contributed by atoms with Crippen LogP contribution in [0.25, 0.3) is 0 Å². The van der Waals surface area contributed by atoms with E-state index in [1.54, 1.807) is 6.92 Å².